The minimum absolute atomic E-state index is 0.0226. The maximum atomic E-state index is 12.4. The number of aryl methyl sites for hydroxylation is 2. The number of ether oxygens (including phenoxy) is 1. The summed E-state index contributed by atoms with van der Waals surface area (Å²) in [5.74, 6) is 0.840. The summed E-state index contributed by atoms with van der Waals surface area (Å²) in [6.07, 6.45) is 2.45. The van der Waals surface area contributed by atoms with Crippen molar-refractivity contribution in [2.75, 3.05) is 13.2 Å². The quantitative estimate of drug-likeness (QED) is 0.169. The third kappa shape index (κ3) is 7.78. The van der Waals surface area contributed by atoms with Crippen LogP contribution in [0, 0.1) is 19.3 Å². The zero-order chi connectivity index (χ0) is 19.5. The van der Waals surface area contributed by atoms with E-state index in [1.54, 1.807) is 7.98 Å². The van der Waals surface area contributed by atoms with Gasteiger partial charge in [0.1, 0.15) is 12.4 Å². The highest BCUT2D eigenvalue weighted by atomic mass is 16.5. The number of amides is 1. The number of nitrogens with one attached hydrogen (secondary N) is 4. The average Bonchev–Trinajstić information content (AvgIpc) is 2.57. The second-order valence-corrected chi connectivity index (χ2v) is 6.62. The van der Waals surface area contributed by atoms with Crippen LogP contribution in [0.25, 0.3) is 0 Å². The lowest BCUT2D eigenvalue weighted by molar-refractivity contribution is -0.123. The fraction of sp³-hybridized carbons (Fsp3) is 0.556. The molecule has 0 radical (unpaired) electrons. The second-order valence-electron chi connectivity index (χ2n) is 6.62. The summed E-state index contributed by atoms with van der Waals surface area (Å²) in [7, 11) is 1.79. The summed E-state index contributed by atoms with van der Waals surface area (Å²) < 4.78 is 5.90. The summed E-state index contributed by atoms with van der Waals surface area (Å²) in [6, 6.07) is 5.71. The van der Waals surface area contributed by atoms with Crippen molar-refractivity contribution in [1.29, 1.82) is 5.41 Å². The molecule has 144 valence electrons. The number of benzene rings is 1. The predicted molar refractivity (Wildman–Crippen MR) is 108 cm³/mol. The highest BCUT2D eigenvalue weighted by molar-refractivity contribution is 6.06. The van der Waals surface area contributed by atoms with Gasteiger partial charge in [-0.1, -0.05) is 18.2 Å². The lowest BCUT2D eigenvalue weighted by Crippen LogP contribution is -2.48. The van der Waals surface area contributed by atoms with Crippen LogP contribution in [-0.2, 0) is 4.79 Å². The van der Waals surface area contributed by atoms with Crippen molar-refractivity contribution in [3.8, 4) is 5.75 Å². The molecule has 0 spiro atoms. The Kier molecular flexibility index (Phi) is 9.58. The van der Waals surface area contributed by atoms with Crippen molar-refractivity contribution in [2.45, 2.75) is 52.1 Å². The summed E-state index contributed by atoms with van der Waals surface area (Å²) in [6.45, 7) is 7.05. The Bertz CT molecular complexity index is 577. The van der Waals surface area contributed by atoms with Crippen LogP contribution in [0.15, 0.2) is 18.2 Å². The van der Waals surface area contributed by atoms with E-state index in [0.717, 1.165) is 36.1 Å². The molecule has 1 unspecified atom stereocenters. The van der Waals surface area contributed by atoms with Gasteiger partial charge in [0.15, 0.2) is 13.9 Å². The number of nitrogens with two attached hydrogens (primary N) is 1. The van der Waals surface area contributed by atoms with Crippen LogP contribution in [0.1, 0.15) is 37.3 Å². The monoisotopic (exact) mass is 361 g/mol. The molecule has 1 aromatic carbocycles. The molecule has 7 nitrogen and oxygen atoms in total. The molecular formula is C18H32BN5O2. The maximum absolute atomic E-state index is 12.4. The molecule has 0 fully saturated rings. The van der Waals surface area contributed by atoms with Crippen LogP contribution in [0.5, 0.6) is 5.75 Å². The number of guanidine groups is 1. The predicted octanol–water partition coefficient (Wildman–Crippen LogP) is 0.347. The zero-order valence-electron chi connectivity index (χ0n) is 16.3. The van der Waals surface area contributed by atoms with Crippen LogP contribution >= 0.6 is 0 Å². The molecule has 0 heterocycles. The van der Waals surface area contributed by atoms with Gasteiger partial charge in [0, 0.05) is 6.54 Å². The molecule has 26 heavy (non-hydrogen) atoms. The van der Waals surface area contributed by atoms with Crippen molar-refractivity contribution in [2.24, 2.45) is 5.73 Å². The third-order valence-corrected chi connectivity index (χ3v) is 4.18. The first kappa shape index (κ1) is 21.8. The largest absolute Gasteiger partial charge is 0.491 e. The van der Waals surface area contributed by atoms with Gasteiger partial charge >= 0.3 is 0 Å². The molecule has 2 atom stereocenters. The van der Waals surface area contributed by atoms with Crippen molar-refractivity contribution >= 4 is 19.8 Å². The Balaban J connectivity index is 2.37. The Labute approximate surface area is 157 Å². The van der Waals surface area contributed by atoms with Gasteiger partial charge in [0.05, 0.1) is 12.1 Å². The van der Waals surface area contributed by atoms with E-state index < -0.39 is 0 Å². The van der Waals surface area contributed by atoms with Crippen LogP contribution in [-0.4, -0.2) is 45.1 Å². The fourth-order valence-corrected chi connectivity index (χ4v) is 2.72. The first-order valence-electron chi connectivity index (χ1n) is 9.09. The first-order chi connectivity index (χ1) is 12.3. The highest BCUT2D eigenvalue weighted by Crippen LogP contribution is 2.22. The van der Waals surface area contributed by atoms with Crippen LogP contribution in [0.3, 0.4) is 0 Å². The van der Waals surface area contributed by atoms with Gasteiger partial charge in [0.25, 0.3) is 0 Å². The lowest BCUT2D eigenvalue weighted by Gasteiger charge is -2.21. The van der Waals surface area contributed by atoms with Gasteiger partial charge in [-0.15, -0.1) is 0 Å². The van der Waals surface area contributed by atoms with E-state index in [1.807, 2.05) is 39.0 Å². The van der Waals surface area contributed by atoms with Gasteiger partial charge in [-0.25, -0.2) is 0 Å². The molecule has 0 aliphatic carbocycles. The highest BCUT2D eigenvalue weighted by Gasteiger charge is 2.18. The van der Waals surface area contributed by atoms with E-state index in [2.05, 4.69) is 15.9 Å². The summed E-state index contributed by atoms with van der Waals surface area (Å²) >= 11 is 0. The smallest absolute Gasteiger partial charge is 0.236 e. The van der Waals surface area contributed by atoms with E-state index >= 15 is 0 Å². The first-order valence-corrected chi connectivity index (χ1v) is 9.09. The molecule has 1 rings (SSSR count). The van der Waals surface area contributed by atoms with Crippen LogP contribution in [0.2, 0.25) is 0 Å². The Morgan fingerprint density at radius 3 is 2.54 bits per heavy atom. The molecule has 0 aromatic heterocycles. The van der Waals surface area contributed by atoms with Crippen molar-refractivity contribution in [1.82, 2.24) is 15.9 Å². The molecule has 0 bridgehead atoms. The van der Waals surface area contributed by atoms with Gasteiger partial charge in [-0.2, -0.15) is 0 Å². The van der Waals surface area contributed by atoms with Crippen LogP contribution < -0.4 is 26.3 Å². The fourth-order valence-electron chi connectivity index (χ4n) is 2.72. The molecule has 1 amide bonds. The lowest BCUT2D eigenvalue weighted by atomic mass is 10.1. The normalized spacial score (nSPS) is 12.9. The van der Waals surface area contributed by atoms with Gasteiger partial charge in [-0.3, -0.25) is 10.2 Å². The van der Waals surface area contributed by atoms with E-state index in [0.29, 0.717) is 13.2 Å². The van der Waals surface area contributed by atoms with Crippen molar-refractivity contribution in [3.05, 3.63) is 29.3 Å². The number of carbonyl (C=O) groups excluding carboxylic acids is 1. The molecular weight excluding hydrogens is 329 g/mol. The average molecular weight is 361 g/mol. The number of hydrogen-bond donors (Lipinski definition) is 5. The third-order valence-electron chi connectivity index (χ3n) is 4.18. The standard InChI is InChI=1S/C18H32BN5O2/c1-12-7-6-8-13(2)16(12)26-11-14(3)23-17(25)15(24-19)9-4-5-10-22-18(20)21/h6-8,14-15,24H,4-5,9-11,19H2,1-3H3,(H,23,25)(H4,20,21,22)/t14?,15-/m0/s1. The van der Waals surface area contributed by atoms with Crippen LogP contribution in [0.4, 0.5) is 0 Å². The minimum atomic E-state index is -0.241. The Hall–Kier alpha value is -2.22. The molecule has 8 heteroatoms. The maximum Gasteiger partial charge on any atom is 0.236 e. The van der Waals surface area contributed by atoms with Gasteiger partial charge in [0.2, 0.25) is 5.91 Å². The summed E-state index contributed by atoms with van der Waals surface area (Å²) in [5, 5.41) is 15.9. The van der Waals surface area contributed by atoms with Gasteiger partial charge < -0.3 is 26.3 Å². The Morgan fingerprint density at radius 2 is 1.96 bits per heavy atom. The summed E-state index contributed by atoms with van der Waals surface area (Å²) in [4.78, 5) is 12.4. The molecule has 0 saturated carbocycles. The molecule has 0 aliphatic rings. The van der Waals surface area contributed by atoms with Gasteiger partial charge in [-0.05, 0) is 51.2 Å². The van der Waals surface area contributed by atoms with E-state index in [-0.39, 0.29) is 24.0 Å². The topological polar surface area (TPSA) is 112 Å². The SMILES string of the molecule is BN[C@@H](CCCCNC(=N)N)C(=O)NC(C)COc1c(C)cccc1C. The number of hydrogen-bond acceptors (Lipinski definition) is 4. The number of para-hydroxylation sites is 1. The minimum Gasteiger partial charge on any atom is -0.491 e. The Morgan fingerprint density at radius 1 is 1.31 bits per heavy atom. The van der Waals surface area contributed by atoms with Crippen molar-refractivity contribution < 1.29 is 9.53 Å². The number of unbranched alkanes of at least 4 members (excludes halogenated alkanes) is 1. The number of rotatable bonds is 11. The van der Waals surface area contributed by atoms with E-state index in [4.69, 9.17) is 15.9 Å². The molecule has 1 aromatic rings. The molecule has 0 saturated heterocycles. The number of carbonyl (C=O) groups is 1. The van der Waals surface area contributed by atoms with E-state index in [9.17, 15) is 4.79 Å². The second kappa shape index (κ2) is 11.4. The van der Waals surface area contributed by atoms with Crippen molar-refractivity contribution in [3.63, 3.8) is 0 Å². The molecule has 6 N–H and O–H groups in total. The molecule has 0 aliphatic heterocycles. The zero-order valence-corrected chi connectivity index (χ0v) is 16.3. The summed E-state index contributed by atoms with van der Waals surface area (Å²) in [5.41, 5.74) is 7.42. The van der Waals surface area contributed by atoms with E-state index in [1.165, 1.54) is 0 Å².